The van der Waals surface area contributed by atoms with Crippen LogP contribution in [0, 0.1) is 0 Å². The molecule has 1 N–H and O–H groups in total. The number of likely N-dealkylation sites (tertiary alicyclic amines) is 1. The molecule has 0 unspecified atom stereocenters. The lowest BCUT2D eigenvalue weighted by atomic mass is 10.1. The summed E-state index contributed by atoms with van der Waals surface area (Å²) in [7, 11) is -6.00. The van der Waals surface area contributed by atoms with Gasteiger partial charge in [-0.3, -0.25) is 0 Å². The highest BCUT2D eigenvalue weighted by Crippen LogP contribution is 2.06. The first-order valence-corrected chi connectivity index (χ1v) is 6.20. The molecule has 0 spiro atoms. The van der Waals surface area contributed by atoms with Crippen molar-refractivity contribution in [2.45, 2.75) is 19.3 Å². The minimum atomic E-state index is -6.00. The molecule has 0 aliphatic carbocycles. The second-order valence-electron chi connectivity index (χ2n) is 4.44. The quantitative estimate of drug-likeness (QED) is 0.630. The van der Waals surface area contributed by atoms with E-state index in [2.05, 4.69) is 30.3 Å². The molecule has 0 saturated carbocycles. The number of benzene rings is 1. The maximum Gasteiger partial charge on any atom is 0.673 e. The number of hydrogen-bond acceptors (Lipinski definition) is 0. The van der Waals surface area contributed by atoms with Crippen molar-refractivity contribution in [3.8, 4) is 0 Å². The number of hydrogen-bond donors (Lipinski definition) is 1. The molecule has 2 rings (SSSR count). The first-order valence-electron chi connectivity index (χ1n) is 6.20. The van der Waals surface area contributed by atoms with E-state index in [0.717, 1.165) is 0 Å². The smallest absolute Gasteiger partial charge is 0.418 e. The summed E-state index contributed by atoms with van der Waals surface area (Å²) < 4.78 is 39.0. The minimum absolute atomic E-state index is 1.25. The average Bonchev–Trinajstić information content (AvgIpc) is 2.78. The Balaban J connectivity index is 0.000000280. The van der Waals surface area contributed by atoms with Crippen molar-refractivity contribution in [2.24, 2.45) is 0 Å². The summed E-state index contributed by atoms with van der Waals surface area (Å²) in [6, 6.07) is 10.8. The van der Waals surface area contributed by atoms with Gasteiger partial charge in [0, 0.05) is 19.3 Å². The summed E-state index contributed by atoms with van der Waals surface area (Å²) in [6.07, 6.45) is 4.12. The Hall–Kier alpha value is -1.04. The maximum absolute atomic E-state index is 9.75. The van der Waals surface area contributed by atoms with Crippen LogP contribution in [0.3, 0.4) is 0 Å². The molecule has 18 heavy (non-hydrogen) atoms. The first kappa shape index (κ1) is 15.0. The summed E-state index contributed by atoms with van der Waals surface area (Å²) in [5.74, 6) is 0. The summed E-state index contributed by atoms with van der Waals surface area (Å²) in [5, 5.41) is 0. The third-order valence-electron chi connectivity index (χ3n) is 2.92. The third-order valence-corrected chi connectivity index (χ3v) is 2.92. The van der Waals surface area contributed by atoms with Gasteiger partial charge in [-0.1, -0.05) is 30.3 Å². The van der Waals surface area contributed by atoms with E-state index in [1.165, 1.54) is 44.5 Å². The molecule has 1 fully saturated rings. The van der Waals surface area contributed by atoms with Gasteiger partial charge in [-0.15, -0.1) is 0 Å². The normalized spacial score (nSPS) is 16.2. The predicted octanol–water partition coefficient (Wildman–Crippen LogP) is 2.21. The second-order valence-corrected chi connectivity index (χ2v) is 4.44. The molecule has 1 saturated heterocycles. The highest BCUT2D eigenvalue weighted by atomic mass is 19.5. The zero-order valence-electron chi connectivity index (χ0n) is 10.2. The molecule has 0 aromatic heterocycles. The Labute approximate surface area is 105 Å². The van der Waals surface area contributed by atoms with Crippen molar-refractivity contribution < 1.29 is 22.2 Å². The molecule has 1 nitrogen and oxygen atoms in total. The Kier molecular flexibility index (Phi) is 6.19. The minimum Gasteiger partial charge on any atom is -0.418 e. The molecule has 102 valence electrons. The van der Waals surface area contributed by atoms with Crippen molar-refractivity contribution in [1.82, 2.24) is 0 Å². The molecule has 1 aliphatic heterocycles. The van der Waals surface area contributed by atoms with Crippen LogP contribution in [0.2, 0.25) is 0 Å². The van der Waals surface area contributed by atoms with Gasteiger partial charge in [-0.05, 0) is 5.56 Å². The lowest BCUT2D eigenvalue weighted by Gasteiger charge is -2.11. The van der Waals surface area contributed by atoms with Gasteiger partial charge in [0.2, 0.25) is 0 Å². The summed E-state index contributed by atoms with van der Waals surface area (Å²) in [6.45, 7) is 4.11. The van der Waals surface area contributed by atoms with Gasteiger partial charge < -0.3 is 22.2 Å². The third kappa shape index (κ3) is 8.11. The molecule has 1 heterocycles. The van der Waals surface area contributed by atoms with Gasteiger partial charge in [-0.25, -0.2) is 0 Å². The van der Waals surface area contributed by atoms with Crippen molar-refractivity contribution >= 4 is 7.25 Å². The topological polar surface area (TPSA) is 4.44 Å². The fraction of sp³-hybridized carbons (Fsp3) is 0.500. The Morgan fingerprint density at radius 3 is 1.94 bits per heavy atom. The fourth-order valence-corrected chi connectivity index (χ4v) is 2.09. The van der Waals surface area contributed by atoms with Crippen LogP contribution in [0.1, 0.15) is 18.4 Å². The monoisotopic (exact) mass is 263 g/mol. The number of halogens is 4. The van der Waals surface area contributed by atoms with Crippen molar-refractivity contribution in [3.63, 3.8) is 0 Å². The molecule has 1 aliphatic rings. The molecule has 6 heteroatoms. The highest BCUT2D eigenvalue weighted by Gasteiger charge is 2.20. The molecule has 0 amide bonds. The molecule has 0 bridgehead atoms. The van der Waals surface area contributed by atoms with Gasteiger partial charge >= 0.3 is 7.25 Å². The van der Waals surface area contributed by atoms with E-state index in [1.807, 2.05) is 0 Å². The standard InChI is InChI=1S/C12H17N.BF4/c1-2-6-12(7-3-1)8-11-13-9-4-5-10-13;2-1(3,4)5/h1-3,6-7H,4-5,8-11H2;/q;-1/p+1. The molecular weight excluding hydrogens is 245 g/mol. The predicted molar refractivity (Wildman–Crippen MR) is 65.1 cm³/mol. The van der Waals surface area contributed by atoms with E-state index in [0.29, 0.717) is 0 Å². The first-order chi connectivity index (χ1) is 8.45. The van der Waals surface area contributed by atoms with E-state index >= 15 is 0 Å². The number of quaternary nitrogens is 1. The van der Waals surface area contributed by atoms with E-state index in [9.17, 15) is 17.3 Å². The van der Waals surface area contributed by atoms with Crippen LogP contribution >= 0.6 is 0 Å². The van der Waals surface area contributed by atoms with Crippen LogP contribution in [-0.4, -0.2) is 26.9 Å². The number of nitrogens with one attached hydrogen (secondary N) is 1. The zero-order chi connectivity index (χ0) is 13.4. The van der Waals surface area contributed by atoms with Gasteiger partial charge in [-0.2, -0.15) is 0 Å². The van der Waals surface area contributed by atoms with Crippen LogP contribution in [0.5, 0.6) is 0 Å². The Bertz CT molecular complexity index is 317. The van der Waals surface area contributed by atoms with Gasteiger partial charge in [0.05, 0.1) is 19.6 Å². The van der Waals surface area contributed by atoms with Crippen LogP contribution < -0.4 is 4.90 Å². The van der Waals surface area contributed by atoms with Crippen molar-refractivity contribution in [2.75, 3.05) is 19.6 Å². The van der Waals surface area contributed by atoms with Gasteiger partial charge in [0.25, 0.3) is 0 Å². The average molecular weight is 263 g/mol. The van der Waals surface area contributed by atoms with Crippen molar-refractivity contribution in [1.29, 1.82) is 0 Å². The van der Waals surface area contributed by atoms with Gasteiger partial charge in [0.1, 0.15) is 0 Å². The van der Waals surface area contributed by atoms with Crippen molar-refractivity contribution in [3.05, 3.63) is 35.9 Å². The van der Waals surface area contributed by atoms with E-state index in [1.54, 1.807) is 4.90 Å². The highest BCUT2D eigenvalue weighted by molar-refractivity contribution is 6.50. The maximum atomic E-state index is 9.75. The van der Waals surface area contributed by atoms with E-state index < -0.39 is 7.25 Å². The summed E-state index contributed by atoms with van der Waals surface area (Å²) in [4.78, 5) is 1.80. The molecule has 1 aromatic rings. The van der Waals surface area contributed by atoms with Crippen LogP contribution in [0.15, 0.2) is 30.3 Å². The molecule has 0 atom stereocenters. The Morgan fingerprint density at radius 1 is 0.944 bits per heavy atom. The second kappa shape index (κ2) is 7.41. The fourth-order valence-electron chi connectivity index (χ4n) is 2.09. The number of rotatable bonds is 3. The largest absolute Gasteiger partial charge is 0.673 e. The van der Waals surface area contributed by atoms with E-state index in [4.69, 9.17) is 0 Å². The van der Waals surface area contributed by atoms with Gasteiger partial charge in [0.15, 0.2) is 0 Å². The van der Waals surface area contributed by atoms with Crippen LogP contribution in [0.25, 0.3) is 0 Å². The van der Waals surface area contributed by atoms with Crippen LogP contribution in [0.4, 0.5) is 17.3 Å². The molecule has 1 aromatic carbocycles. The zero-order valence-corrected chi connectivity index (χ0v) is 10.2. The van der Waals surface area contributed by atoms with Crippen LogP contribution in [-0.2, 0) is 6.42 Å². The molecule has 0 radical (unpaired) electrons. The summed E-state index contributed by atoms with van der Waals surface area (Å²) in [5.41, 5.74) is 1.49. The lowest BCUT2D eigenvalue weighted by Crippen LogP contribution is -3.10. The molecular formula is C12H18BF4N. The lowest BCUT2D eigenvalue weighted by molar-refractivity contribution is -0.887. The van der Waals surface area contributed by atoms with E-state index in [-0.39, 0.29) is 0 Å². The summed E-state index contributed by atoms with van der Waals surface area (Å²) >= 11 is 0. The SMILES string of the molecule is F[B-](F)(F)F.c1ccc(CC[NH+]2CCCC2)cc1. The Morgan fingerprint density at radius 2 is 1.44 bits per heavy atom.